The van der Waals surface area contributed by atoms with Crippen LogP contribution in [0.3, 0.4) is 0 Å². The van der Waals surface area contributed by atoms with E-state index in [-0.39, 0.29) is 18.0 Å². The van der Waals surface area contributed by atoms with Gasteiger partial charge in [-0.05, 0) is 32.8 Å². The molecule has 1 saturated heterocycles. The highest BCUT2D eigenvalue weighted by atomic mass is 16.5. The molecule has 1 aliphatic heterocycles. The number of nitrogens with one attached hydrogen (secondary N) is 2. The van der Waals surface area contributed by atoms with Gasteiger partial charge in [0, 0.05) is 18.2 Å². The van der Waals surface area contributed by atoms with Gasteiger partial charge in [-0.15, -0.1) is 0 Å². The predicted molar refractivity (Wildman–Crippen MR) is 75.2 cm³/mol. The van der Waals surface area contributed by atoms with E-state index in [1.165, 1.54) is 0 Å². The molecule has 1 aromatic carbocycles. The van der Waals surface area contributed by atoms with Crippen molar-refractivity contribution in [3.05, 3.63) is 29.8 Å². The number of amides is 1. The lowest BCUT2D eigenvalue weighted by Crippen LogP contribution is -2.48. The molecule has 0 saturated carbocycles. The van der Waals surface area contributed by atoms with Crippen LogP contribution in [0.2, 0.25) is 0 Å². The molecule has 2 unspecified atom stereocenters. The predicted octanol–water partition coefficient (Wildman–Crippen LogP) is 2.01. The molecule has 1 fully saturated rings. The van der Waals surface area contributed by atoms with Crippen LogP contribution in [-0.2, 0) is 4.79 Å². The normalized spacial score (nSPS) is 20.7. The van der Waals surface area contributed by atoms with Gasteiger partial charge in [0.05, 0.1) is 12.6 Å². The molecule has 4 heteroatoms. The first-order valence-corrected chi connectivity index (χ1v) is 6.98. The fourth-order valence-corrected chi connectivity index (χ4v) is 2.45. The van der Waals surface area contributed by atoms with Crippen LogP contribution in [0.5, 0.6) is 5.75 Å². The summed E-state index contributed by atoms with van der Waals surface area (Å²) in [5, 5.41) is 6.29. The molecule has 0 bridgehead atoms. The van der Waals surface area contributed by atoms with Crippen LogP contribution >= 0.6 is 0 Å². The Hall–Kier alpha value is -1.55. The summed E-state index contributed by atoms with van der Waals surface area (Å²) in [6, 6.07) is 7.97. The van der Waals surface area contributed by atoms with Gasteiger partial charge in [0.2, 0.25) is 5.91 Å². The molecule has 1 aliphatic rings. The van der Waals surface area contributed by atoms with Gasteiger partial charge in [0.25, 0.3) is 0 Å². The van der Waals surface area contributed by atoms with E-state index in [4.69, 9.17) is 4.74 Å². The molecule has 2 rings (SSSR count). The minimum Gasteiger partial charge on any atom is -0.494 e. The first-order valence-electron chi connectivity index (χ1n) is 6.98. The number of hydrogen-bond acceptors (Lipinski definition) is 3. The summed E-state index contributed by atoms with van der Waals surface area (Å²) in [5.74, 6) is 0.994. The van der Waals surface area contributed by atoms with E-state index in [1.807, 2.05) is 31.2 Å². The number of rotatable bonds is 5. The summed E-state index contributed by atoms with van der Waals surface area (Å²) in [6.07, 6.45) is 1.93. The van der Waals surface area contributed by atoms with Crippen molar-refractivity contribution >= 4 is 5.91 Å². The van der Waals surface area contributed by atoms with Crippen LogP contribution in [0.1, 0.15) is 38.3 Å². The quantitative estimate of drug-likeness (QED) is 0.853. The average Bonchev–Trinajstić information content (AvgIpc) is 2.42. The first-order chi connectivity index (χ1) is 9.22. The van der Waals surface area contributed by atoms with E-state index in [1.54, 1.807) is 0 Å². The molecular formula is C15H22N2O2. The van der Waals surface area contributed by atoms with Crippen LogP contribution in [0.4, 0.5) is 0 Å². The van der Waals surface area contributed by atoms with Gasteiger partial charge >= 0.3 is 0 Å². The van der Waals surface area contributed by atoms with E-state index in [0.29, 0.717) is 6.61 Å². The minimum atomic E-state index is -0.0987. The largest absolute Gasteiger partial charge is 0.494 e. The molecule has 1 aromatic rings. The maximum atomic E-state index is 11.8. The SMILES string of the molecule is CCOc1ccccc1C(C)NC1CCCNC1=O. The van der Waals surface area contributed by atoms with Crippen LogP contribution in [-0.4, -0.2) is 25.1 Å². The third-order valence-corrected chi connectivity index (χ3v) is 3.42. The maximum absolute atomic E-state index is 11.8. The van der Waals surface area contributed by atoms with Crippen LogP contribution < -0.4 is 15.4 Å². The Balaban J connectivity index is 2.06. The molecule has 4 nitrogen and oxygen atoms in total. The molecule has 0 spiro atoms. The van der Waals surface area contributed by atoms with Crippen molar-refractivity contribution in [1.29, 1.82) is 0 Å². The molecule has 1 heterocycles. The van der Waals surface area contributed by atoms with Gasteiger partial charge in [-0.3, -0.25) is 10.1 Å². The Morgan fingerprint density at radius 2 is 2.26 bits per heavy atom. The van der Waals surface area contributed by atoms with E-state index >= 15 is 0 Å². The molecule has 0 radical (unpaired) electrons. The highest BCUT2D eigenvalue weighted by Crippen LogP contribution is 2.25. The third-order valence-electron chi connectivity index (χ3n) is 3.42. The van der Waals surface area contributed by atoms with Crippen molar-refractivity contribution < 1.29 is 9.53 Å². The Kier molecular flexibility index (Phi) is 4.80. The summed E-state index contributed by atoms with van der Waals surface area (Å²) >= 11 is 0. The van der Waals surface area contributed by atoms with Crippen LogP contribution in [0.25, 0.3) is 0 Å². The van der Waals surface area contributed by atoms with Crippen molar-refractivity contribution in [3.8, 4) is 5.75 Å². The number of para-hydroxylation sites is 1. The van der Waals surface area contributed by atoms with Crippen molar-refractivity contribution in [2.45, 2.75) is 38.8 Å². The second-order valence-corrected chi connectivity index (χ2v) is 4.85. The Bertz CT molecular complexity index is 434. The number of ether oxygens (including phenoxy) is 1. The molecule has 19 heavy (non-hydrogen) atoms. The first kappa shape index (κ1) is 13.9. The Morgan fingerprint density at radius 3 is 3.00 bits per heavy atom. The molecular weight excluding hydrogens is 240 g/mol. The second kappa shape index (κ2) is 6.57. The molecule has 0 aliphatic carbocycles. The summed E-state index contributed by atoms with van der Waals surface area (Å²) in [6.45, 7) is 5.48. The van der Waals surface area contributed by atoms with E-state index < -0.39 is 0 Å². The van der Waals surface area contributed by atoms with Gasteiger partial charge < -0.3 is 10.1 Å². The third kappa shape index (κ3) is 3.47. The minimum absolute atomic E-state index is 0.0941. The van der Waals surface area contributed by atoms with E-state index in [9.17, 15) is 4.79 Å². The van der Waals surface area contributed by atoms with E-state index in [2.05, 4.69) is 17.6 Å². The maximum Gasteiger partial charge on any atom is 0.237 e. The monoisotopic (exact) mass is 262 g/mol. The highest BCUT2D eigenvalue weighted by molar-refractivity contribution is 5.82. The number of carbonyl (C=O) groups excluding carboxylic acids is 1. The van der Waals surface area contributed by atoms with Gasteiger partial charge in [0.15, 0.2) is 0 Å². The zero-order chi connectivity index (χ0) is 13.7. The van der Waals surface area contributed by atoms with Crippen LogP contribution in [0.15, 0.2) is 24.3 Å². The molecule has 104 valence electrons. The summed E-state index contributed by atoms with van der Waals surface area (Å²) < 4.78 is 5.63. The lowest BCUT2D eigenvalue weighted by atomic mass is 10.0. The van der Waals surface area contributed by atoms with Crippen molar-refractivity contribution in [2.24, 2.45) is 0 Å². The van der Waals surface area contributed by atoms with Gasteiger partial charge in [-0.25, -0.2) is 0 Å². The van der Waals surface area contributed by atoms with Gasteiger partial charge in [-0.1, -0.05) is 18.2 Å². The molecule has 2 atom stereocenters. The van der Waals surface area contributed by atoms with Crippen molar-refractivity contribution in [1.82, 2.24) is 10.6 Å². The fraction of sp³-hybridized carbons (Fsp3) is 0.533. The number of hydrogen-bond donors (Lipinski definition) is 2. The van der Waals surface area contributed by atoms with Crippen LogP contribution in [0, 0.1) is 0 Å². The summed E-state index contributed by atoms with van der Waals surface area (Å²) in [4.78, 5) is 11.8. The average molecular weight is 262 g/mol. The molecule has 1 amide bonds. The number of piperidine rings is 1. The highest BCUT2D eigenvalue weighted by Gasteiger charge is 2.24. The summed E-state index contributed by atoms with van der Waals surface area (Å²) in [5.41, 5.74) is 1.10. The van der Waals surface area contributed by atoms with Gasteiger partial charge in [0.1, 0.15) is 5.75 Å². The number of benzene rings is 1. The topological polar surface area (TPSA) is 50.4 Å². The molecule has 2 N–H and O–H groups in total. The Morgan fingerprint density at radius 1 is 1.47 bits per heavy atom. The van der Waals surface area contributed by atoms with Crippen molar-refractivity contribution in [2.75, 3.05) is 13.2 Å². The lowest BCUT2D eigenvalue weighted by Gasteiger charge is -2.27. The molecule has 0 aromatic heterocycles. The zero-order valence-electron chi connectivity index (χ0n) is 11.6. The summed E-state index contributed by atoms with van der Waals surface area (Å²) in [7, 11) is 0. The van der Waals surface area contributed by atoms with Crippen molar-refractivity contribution in [3.63, 3.8) is 0 Å². The van der Waals surface area contributed by atoms with Gasteiger partial charge in [-0.2, -0.15) is 0 Å². The van der Waals surface area contributed by atoms with E-state index in [0.717, 1.165) is 30.7 Å². The number of carbonyl (C=O) groups is 1. The fourth-order valence-electron chi connectivity index (χ4n) is 2.45. The standard InChI is InChI=1S/C15H22N2O2/c1-3-19-14-9-5-4-7-12(14)11(2)17-13-8-6-10-16-15(13)18/h4-5,7,9,11,13,17H,3,6,8,10H2,1-2H3,(H,16,18). The second-order valence-electron chi connectivity index (χ2n) is 4.85. The zero-order valence-corrected chi connectivity index (χ0v) is 11.6. The Labute approximate surface area is 114 Å². The lowest BCUT2D eigenvalue weighted by molar-refractivity contribution is -0.124. The smallest absolute Gasteiger partial charge is 0.237 e.